The molecule has 16 heteroatoms. The SMILES string of the molecule is CSCCC(NC(=O)C(N)Cc1cnc[nH]1)C(=O)NC(Cc1c[nH]c2ccccc12)C(=O)NC(CCCN=C(N)N)C(=O)O. The summed E-state index contributed by atoms with van der Waals surface area (Å²) in [5, 5.41) is 18.6. The third kappa shape index (κ3) is 10.3. The zero-order valence-electron chi connectivity index (χ0n) is 24.4. The van der Waals surface area contributed by atoms with Crippen LogP contribution in [-0.2, 0) is 32.0 Å². The molecule has 4 atom stereocenters. The highest BCUT2D eigenvalue weighted by Gasteiger charge is 2.31. The molecular weight excluding hydrogens is 588 g/mol. The van der Waals surface area contributed by atoms with Gasteiger partial charge in [0.05, 0.1) is 12.4 Å². The number of aromatic nitrogens is 3. The van der Waals surface area contributed by atoms with Gasteiger partial charge in [0.1, 0.15) is 18.1 Å². The largest absolute Gasteiger partial charge is 0.480 e. The van der Waals surface area contributed by atoms with E-state index in [2.05, 4.69) is 35.9 Å². The zero-order valence-corrected chi connectivity index (χ0v) is 25.2. The molecule has 3 amide bonds. The molecule has 1 aromatic carbocycles. The van der Waals surface area contributed by atoms with E-state index in [0.29, 0.717) is 17.9 Å². The van der Waals surface area contributed by atoms with Gasteiger partial charge in [-0.05, 0) is 42.9 Å². The van der Waals surface area contributed by atoms with Crippen LogP contribution in [0.3, 0.4) is 0 Å². The van der Waals surface area contributed by atoms with Crippen LogP contribution in [0.4, 0.5) is 0 Å². The molecule has 2 heterocycles. The maximum absolute atomic E-state index is 13.6. The van der Waals surface area contributed by atoms with Crippen molar-refractivity contribution in [3.63, 3.8) is 0 Å². The Morgan fingerprint density at radius 1 is 0.977 bits per heavy atom. The molecule has 3 rings (SSSR count). The molecule has 12 N–H and O–H groups in total. The number of nitrogens with zero attached hydrogens (tertiary/aromatic N) is 2. The average Bonchev–Trinajstić information content (AvgIpc) is 3.66. The second-order valence-electron chi connectivity index (χ2n) is 10.2. The van der Waals surface area contributed by atoms with E-state index in [-0.39, 0.29) is 38.2 Å². The number of carboxylic acids is 1. The topological polar surface area (TPSA) is 259 Å². The number of nitrogens with two attached hydrogens (primary N) is 3. The van der Waals surface area contributed by atoms with E-state index in [1.807, 2.05) is 30.5 Å². The van der Waals surface area contributed by atoms with Crippen LogP contribution in [-0.4, -0.2) is 92.4 Å². The summed E-state index contributed by atoms with van der Waals surface area (Å²) in [4.78, 5) is 65.8. The number of rotatable bonds is 18. The lowest BCUT2D eigenvalue weighted by molar-refractivity contribution is -0.142. The van der Waals surface area contributed by atoms with Crippen LogP contribution in [0, 0.1) is 0 Å². The van der Waals surface area contributed by atoms with E-state index in [0.717, 1.165) is 16.5 Å². The van der Waals surface area contributed by atoms with Crippen LogP contribution in [0.25, 0.3) is 10.9 Å². The molecule has 4 unspecified atom stereocenters. The summed E-state index contributed by atoms with van der Waals surface area (Å²) in [6.07, 6.45) is 7.53. The van der Waals surface area contributed by atoms with Crippen molar-refractivity contribution in [2.75, 3.05) is 18.6 Å². The second-order valence-corrected chi connectivity index (χ2v) is 11.2. The number of aromatic amines is 2. The fourth-order valence-electron chi connectivity index (χ4n) is 4.54. The normalized spacial score (nSPS) is 13.8. The van der Waals surface area contributed by atoms with Gasteiger partial charge in [0.25, 0.3) is 0 Å². The van der Waals surface area contributed by atoms with Gasteiger partial charge in [-0.25, -0.2) is 9.78 Å². The first-order chi connectivity index (χ1) is 21.1. The summed E-state index contributed by atoms with van der Waals surface area (Å²) in [5.74, 6) is -2.64. The number of carbonyl (C=O) groups excluding carboxylic acids is 3. The first-order valence-electron chi connectivity index (χ1n) is 14.0. The van der Waals surface area contributed by atoms with E-state index in [4.69, 9.17) is 17.2 Å². The van der Waals surface area contributed by atoms with Crippen LogP contribution in [0.1, 0.15) is 30.5 Å². The Morgan fingerprint density at radius 2 is 1.68 bits per heavy atom. The molecule has 0 aliphatic carbocycles. The molecule has 44 heavy (non-hydrogen) atoms. The number of guanidine groups is 1. The Balaban J connectivity index is 1.79. The summed E-state index contributed by atoms with van der Waals surface area (Å²) >= 11 is 1.49. The smallest absolute Gasteiger partial charge is 0.326 e. The van der Waals surface area contributed by atoms with Gasteiger partial charge in [0.15, 0.2) is 5.96 Å². The van der Waals surface area contributed by atoms with Crippen molar-refractivity contribution in [3.8, 4) is 0 Å². The molecule has 0 radical (unpaired) electrons. The number of carbonyl (C=O) groups is 4. The Labute approximate surface area is 258 Å². The first-order valence-corrected chi connectivity index (χ1v) is 15.4. The summed E-state index contributed by atoms with van der Waals surface area (Å²) in [7, 11) is 0. The molecule has 0 bridgehead atoms. The molecule has 0 fully saturated rings. The number of aliphatic carboxylic acids is 1. The number of thioether (sulfide) groups is 1. The minimum absolute atomic E-state index is 0.0600. The van der Waals surface area contributed by atoms with Crippen molar-refractivity contribution in [1.82, 2.24) is 30.9 Å². The Kier molecular flexibility index (Phi) is 13.0. The quantitative estimate of drug-likeness (QED) is 0.0488. The third-order valence-electron chi connectivity index (χ3n) is 6.87. The van der Waals surface area contributed by atoms with E-state index in [1.54, 1.807) is 12.4 Å². The van der Waals surface area contributed by atoms with Crippen LogP contribution in [0.5, 0.6) is 0 Å². The summed E-state index contributed by atoms with van der Waals surface area (Å²) in [5.41, 5.74) is 19.0. The number of carboxylic acid groups (broad SMARTS) is 1. The molecule has 2 aromatic heterocycles. The Morgan fingerprint density at radius 3 is 2.36 bits per heavy atom. The maximum Gasteiger partial charge on any atom is 0.326 e. The van der Waals surface area contributed by atoms with Gasteiger partial charge in [0.2, 0.25) is 17.7 Å². The standard InChI is InChI=1S/C28H40N10O5S/c1-44-10-8-21(36-24(39)19(29)12-17-14-32-15-35-17)25(40)38-23(11-16-13-34-20-6-3-2-5-18(16)20)26(41)37-22(27(42)43)7-4-9-33-28(30)31/h2-3,5-6,13-15,19,21-23,34H,4,7-12,29H2,1H3,(H,32,35)(H,36,39)(H,37,41)(H,38,40)(H,42,43)(H4,30,31,33). The Bertz CT molecular complexity index is 1420. The molecule has 0 saturated carbocycles. The second kappa shape index (κ2) is 16.9. The highest BCUT2D eigenvalue weighted by molar-refractivity contribution is 7.98. The number of aliphatic imine (C=N–C) groups is 1. The van der Waals surface area contributed by atoms with E-state index >= 15 is 0 Å². The lowest BCUT2D eigenvalue weighted by Crippen LogP contribution is -2.58. The minimum atomic E-state index is -1.24. The van der Waals surface area contributed by atoms with E-state index in [1.165, 1.54) is 18.1 Å². The predicted molar refractivity (Wildman–Crippen MR) is 169 cm³/mol. The van der Waals surface area contributed by atoms with Gasteiger partial charge in [0, 0.05) is 48.4 Å². The maximum atomic E-state index is 13.6. The first kappa shape index (κ1) is 33.9. The monoisotopic (exact) mass is 628 g/mol. The number of hydrogen-bond acceptors (Lipinski definition) is 8. The minimum Gasteiger partial charge on any atom is -0.480 e. The lowest BCUT2D eigenvalue weighted by atomic mass is 10.0. The summed E-state index contributed by atoms with van der Waals surface area (Å²) < 4.78 is 0. The van der Waals surface area contributed by atoms with Crippen molar-refractivity contribution < 1.29 is 24.3 Å². The number of hydrogen-bond donors (Lipinski definition) is 9. The van der Waals surface area contributed by atoms with E-state index in [9.17, 15) is 24.3 Å². The Hall–Kier alpha value is -4.57. The van der Waals surface area contributed by atoms with Crippen LogP contribution in [0.2, 0.25) is 0 Å². The van der Waals surface area contributed by atoms with Crippen molar-refractivity contribution in [2.45, 2.75) is 56.3 Å². The van der Waals surface area contributed by atoms with Gasteiger partial charge in [-0.15, -0.1) is 0 Å². The highest BCUT2D eigenvalue weighted by atomic mass is 32.2. The van der Waals surface area contributed by atoms with Crippen molar-refractivity contribution in [2.24, 2.45) is 22.2 Å². The number of fused-ring (bicyclic) bond motifs is 1. The van der Waals surface area contributed by atoms with Crippen LogP contribution in [0.15, 0.2) is 48.0 Å². The van der Waals surface area contributed by atoms with Crippen LogP contribution < -0.4 is 33.2 Å². The lowest BCUT2D eigenvalue weighted by Gasteiger charge is -2.25. The molecule has 0 aliphatic heterocycles. The molecule has 0 saturated heterocycles. The average molecular weight is 629 g/mol. The summed E-state index contributed by atoms with van der Waals surface area (Å²) in [6.45, 7) is 0.191. The molecule has 238 valence electrons. The number of nitrogens with one attached hydrogen (secondary N) is 5. The number of para-hydroxylation sites is 1. The van der Waals surface area contributed by atoms with Crippen LogP contribution >= 0.6 is 11.8 Å². The number of imidazole rings is 1. The van der Waals surface area contributed by atoms with Gasteiger partial charge >= 0.3 is 5.97 Å². The van der Waals surface area contributed by atoms with E-state index < -0.39 is 47.9 Å². The van der Waals surface area contributed by atoms with Crippen molar-refractivity contribution in [1.29, 1.82) is 0 Å². The molecular formula is C28H40N10O5S. The number of benzene rings is 1. The van der Waals surface area contributed by atoms with Crippen molar-refractivity contribution in [3.05, 3.63) is 54.2 Å². The molecule has 15 nitrogen and oxygen atoms in total. The van der Waals surface area contributed by atoms with Gasteiger partial charge in [-0.1, -0.05) is 18.2 Å². The number of H-pyrrole nitrogens is 2. The van der Waals surface area contributed by atoms with Gasteiger partial charge in [-0.3, -0.25) is 19.4 Å². The molecule has 0 aliphatic rings. The fourth-order valence-corrected chi connectivity index (χ4v) is 5.02. The molecule has 3 aromatic rings. The highest BCUT2D eigenvalue weighted by Crippen LogP contribution is 2.19. The summed E-state index contributed by atoms with van der Waals surface area (Å²) in [6, 6.07) is 3.14. The zero-order chi connectivity index (χ0) is 32.1. The third-order valence-corrected chi connectivity index (χ3v) is 7.51. The fraction of sp³-hybridized carbons (Fsp3) is 0.429. The van der Waals surface area contributed by atoms with Gasteiger partial charge < -0.3 is 48.2 Å². The molecule has 0 spiro atoms. The van der Waals surface area contributed by atoms with Gasteiger partial charge in [-0.2, -0.15) is 11.8 Å². The predicted octanol–water partition coefficient (Wildman–Crippen LogP) is -0.651. The van der Waals surface area contributed by atoms with Crippen molar-refractivity contribution >= 4 is 52.3 Å². The number of amides is 3.